The van der Waals surface area contributed by atoms with E-state index in [1.165, 1.54) is 23.7 Å². The van der Waals surface area contributed by atoms with Crippen molar-refractivity contribution in [1.82, 2.24) is 5.48 Å². The summed E-state index contributed by atoms with van der Waals surface area (Å²) in [5, 5.41) is 10.2. The van der Waals surface area contributed by atoms with Gasteiger partial charge in [0, 0.05) is 11.5 Å². The van der Waals surface area contributed by atoms with Crippen LogP contribution < -0.4 is 10.2 Å². The molecule has 6 nitrogen and oxygen atoms in total. The molecule has 0 aromatic heterocycles. The predicted molar refractivity (Wildman–Crippen MR) is 100 cm³/mol. The molecule has 0 saturated heterocycles. The third-order valence-corrected chi connectivity index (χ3v) is 5.10. The van der Waals surface area contributed by atoms with E-state index >= 15 is 0 Å². The highest BCUT2D eigenvalue weighted by molar-refractivity contribution is 7.92. The number of anilines is 1. The second kappa shape index (κ2) is 7.38. The third-order valence-electron chi connectivity index (χ3n) is 3.74. The summed E-state index contributed by atoms with van der Waals surface area (Å²) in [6.07, 6.45) is 2.51. The molecule has 0 saturated carbocycles. The van der Waals surface area contributed by atoms with Gasteiger partial charge in [0.15, 0.2) is 0 Å². The number of fused-ring (bicyclic) bond motifs is 1. The van der Waals surface area contributed by atoms with E-state index in [1.54, 1.807) is 24.3 Å². The quantitative estimate of drug-likeness (QED) is 0.366. The lowest BCUT2D eigenvalue weighted by Crippen LogP contribution is -2.15. The molecule has 3 aromatic carbocycles. The lowest BCUT2D eigenvalue weighted by molar-refractivity contribution is -0.124. The van der Waals surface area contributed by atoms with Gasteiger partial charge in [-0.05, 0) is 35.2 Å². The molecule has 0 unspecified atom stereocenters. The number of sulfonamides is 1. The summed E-state index contributed by atoms with van der Waals surface area (Å²) in [6.45, 7) is 0. The fourth-order valence-electron chi connectivity index (χ4n) is 2.51. The van der Waals surface area contributed by atoms with Crippen LogP contribution in [0.1, 0.15) is 5.56 Å². The molecule has 0 heterocycles. The van der Waals surface area contributed by atoms with Gasteiger partial charge in [0.2, 0.25) is 0 Å². The Labute approximate surface area is 150 Å². The molecule has 0 spiro atoms. The van der Waals surface area contributed by atoms with Gasteiger partial charge in [-0.15, -0.1) is 0 Å². The van der Waals surface area contributed by atoms with Crippen molar-refractivity contribution < 1.29 is 18.4 Å². The minimum absolute atomic E-state index is 0.0667. The fourth-order valence-corrected chi connectivity index (χ4v) is 3.65. The molecule has 3 aromatic rings. The summed E-state index contributed by atoms with van der Waals surface area (Å²) >= 11 is 0. The summed E-state index contributed by atoms with van der Waals surface area (Å²) in [4.78, 5) is 11.1. The Balaban J connectivity index is 1.93. The lowest BCUT2D eigenvalue weighted by Gasteiger charge is -2.11. The molecule has 0 aliphatic carbocycles. The summed E-state index contributed by atoms with van der Waals surface area (Å²) < 4.78 is 28.1. The Morgan fingerprint density at radius 3 is 2.50 bits per heavy atom. The number of carbonyl (C=O) groups excluding carboxylic acids is 1. The number of benzene rings is 3. The van der Waals surface area contributed by atoms with Crippen LogP contribution in [-0.4, -0.2) is 19.5 Å². The molecule has 0 aliphatic rings. The molecular formula is C19H16N2O4S. The fraction of sp³-hybridized carbons (Fsp3) is 0. The van der Waals surface area contributed by atoms with Gasteiger partial charge in [-0.3, -0.25) is 14.7 Å². The van der Waals surface area contributed by atoms with Crippen molar-refractivity contribution in [2.75, 3.05) is 4.72 Å². The topological polar surface area (TPSA) is 95.5 Å². The number of carbonyl (C=O) groups is 1. The SMILES string of the molecule is O=C(/C=C/c1cccc(S(=O)(=O)Nc2cccc3ccccc23)c1)NO. The van der Waals surface area contributed by atoms with E-state index in [0.717, 1.165) is 16.8 Å². The van der Waals surface area contributed by atoms with Crippen LogP contribution >= 0.6 is 0 Å². The van der Waals surface area contributed by atoms with E-state index in [0.29, 0.717) is 11.3 Å². The maximum atomic E-state index is 12.7. The van der Waals surface area contributed by atoms with Gasteiger partial charge in [-0.2, -0.15) is 0 Å². The minimum atomic E-state index is -3.81. The molecule has 3 rings (SSSR count). The van der Waals surface area contributed by atoms with Crippen LogP contribution in [0, 0.1) is 0 Å². The van der Waals surface area contributed by atoms with Crippen molar-refractivity contribution >= 4 is 38.5 Å². The highest BCUT2D eigenvalue weighted by atomic mass is 32.2. The van der Waals surface area contributed by atoms with Gasteiger partial charge in [-0.1, -0.05) is 48.5 Å². The number of amides is 1. The largest absolute Gasteiger partial charge is 0.288 e. The monoisotopic (exact) mass is 368 g/mol. The van der Waals surface area contributed by atoms with E-state index in [1.807, 2.05) is 30.3 Å². The van der Waals surface area contributed by atoms with Gasteiger partial charge in [0.25, 0.3) is 15.9 Å². The zero-order valence-corrected chi connectivity index (χ0v) is 14.4. The molecule has 0 atom stereocenters. The zero-order chi connectivity index (χ0) is 18.6. The van der Waals surface area contributed by atoms with Crippen LogP contribution in [0.2, 0.25) is 0 Å². The number of hydroxylamine groups is 1. The lowest BCUT2D eigenvalue weighted by atomic mass is 10.1. The Morgan fingerprint density at radius 2 is 1.69 bits per heavy atom. The van der Waals surface area contributed by atoms with Crippen LogP contribution in [0.15, 0.2) is 77.7 Å². The van der Waals surface area contributed by atoms with Gasteiger partial charge in [0.05, 0.1) is 10.6 Å². The average Bonchev–Trinajstić information content (AvgIpc) is 2.66. The molecule has 0 radical (unpaired) electrons. The van der Waals surface area contributed by atoms with Crippen molar-refractivity contribution in [3.8, 4) is 0 Å². The molecular weight excluding hydrogens is 352 g/mol. The molecule has 0 aliphatic heterocycles. The van der Waals surface area contributed by atoms with E-state index in [4.69, 9.17) is 5.21 Å². The molecule has 26 heavy (non-hydrogen) atoms. The van der Waals surface area contributed by atoms with Crippen LogP contribution in [0.4, 0.5) is 5.69 Å². The number of hydrogen-bond acceptors (Lipinski definition) is 4. The molecule has 7 heteroatoms. The molecule has 132 valence electrons. The second-order valence-corrected chi connectivity index (χ2v) is 7.20. The van der Waals surface area contributed by atoms with Crippen molar-refractivity contribution in [2.24, 2.45) is 0 Å². The number of rotatable bonds is 5. The third kappa shape index (κ3) is 3.90. The first kappa shape index (κ1) is 17.7. The Morgan fingerprint density at radius 1 is 0.962 bits per heavy atom. The van der Waals surface area contributed by atoms with Crippen molar-refractivity contribution in [1.29, 1.82) is 0 Å². The summed E-state index contributed by atoms with van der Waals surface area (Å²) in [6, 6.07) is 19.0. The Bertz CT molecular complexity index is 1090. The van der Waals surface area contributed by atoms with Crippen molar-refractivity contribution in [3.63, 3.8) is 0 Å². The van der Waals surface area contributed by atoms with E-state index in [-0.39, 0.29) is 4.90 Å². The van der Waals surface area contributed by atoms with E-state index < -0.39 is 15.9 Å². The van der Waals surface area contributed by atoms with E-state index in [9.17, 15) is 13.2 Å². The second-order valence-electron chi connectivity index (χ2n) is 5.51. The highest BCUT2D eigenvalue weighted by Crippen LogP contribution is 2.25. The van der Waals surface area contributed by atoms with Crippen LogP contribution in [0.3, 0.4) is 0 Å². The predicted octanol–water partition coefficient (Wildman–Crippen LogP) is 3.16. The van der Waals surface area contributed by atoms with Gasteiger partial charge in [-0.25, -0.2) is 13.9 Å². The Kier molecular flexibility index (Phi) is 5.01. The first-order valence-corrected chi connectivity index (χ1v) is 9.21. The molecule has 3 N–H and O–H groups in total. The van der Waals surface area contributed by atoms with Gasteiger partial charge in [0.1, 0.15) is 0 Å². The first-order chi connectivity index (χ1) is 12.5. The zero-order valence-electron chi connectivity index (χ0n) is 13.6. The first-order valence-electron chi connectivity index (χ1n) is 7.72. The smallest absolute Gasteiger partial charge is 0.267 e. The van der Waals surface area contributed by atoms with Crippen LogP contribution in [0.25, 0.3) is 16.8 Å². The van der Waals surface area contributed by atoms with E-state index in [2.05, 4.69) is 4.72 Å². The van der Waals surface area contributed by atoms with Gasteiger partial charge < -0.3 is 0 Å². The van der Waals surface area contributed by atoms with Crippen molar-refractivity contribution in [3.05, 3.63) is 78.4 Å². The summed E-state index contributed by atoms with van der Waals surface area (Å²) in [5.74, 6) is -0.702. The number of nitrogens with one attached hydrogen (secondary N) is 2. The van der Waals surface area contributed by atoms with Crippen LogP contribution in [-0.2, 0) is 14.8 Å². The maximum Gasteiger partial charge on any atom is 0.267 e. The summed E-state index contributed by atoms with van der Waals surface area (Å²) in [5.41, 5.74) is 2.47. The number of hydrogen-bond donors (Lipinski definition) is 3. The maximum absolute atomic E-state index is 12.7. The molecule has 0 bridgehead atoms. The molecule has 1 amide bonds. The Hall–Kier alpha value is -3.16. The average molecular weight is 368 g/mol. The molecule has 0 fully saturated rings. The van der Waals surface area contributed by atoms with Gasteiger partial charge >= 0.3 is 0 Å². The highest BCUT2D eigenvalue weighted by Gasteiger charge is 2.15. The standard InChI is InChI=1S/C19H16N2O4S/c22-19(20-23)12-11-14-5-3-8-16(13-14)26(24,25)21-18-10-4-7-15-6-1-2-9-17(15)18/h1-13,21,23H,(H,20,22)/b12-11+. The summed E-state index contributed by atoms with van der Waals surface area (Å²) in [7, 11) is -3.81. The minimum Gasteiger partial charge on any atom is -0.288 e. The van der Waals surface area contributed by atoms with Crippen LogP contribution in [0.5, 0.6) is 0 Å². The van der Waals surface area contributed by atoms with Crippen molar-refractivity contribution in [2.45, 2.75) is 4.90 Å². The normalized spacial score (nSPS) is 11.6.